The first-order chi connectivity index (χ1) is 8.70. The molecule has 2 aromatic rings. The summed E-state index contributed by atoms with van der Waals surface area (Å²) in [6.07, 6.45) is 1.78. The molecule has 1 aromatic carbocycles. The third-order valence-corrected chi connectivity index (χ3v) is 3.35. The van der Waals surface area contributed by atoms with Gasteiger partial charge in [0.25, 0.3) is 0 Å². The maximum Gasteiger partial charge on any atom is 0.354 e. The molecule has 1 aliphatic rings. The zero-order valence-electron chi connectivity index (χ0n) is 10.2. The van der Waals surface area contributed by atoms with Crippen LogP contribution in [-0.4, -0.2) is 17.1 Å². The zero-order valence-corrected chi connectivity index (χ0v) is 10.2. The molecule has 0 atom stereocenters. The Morgan fingerprint density at radius 3 is 3.06 bits per heavy atom. The quantitative estimate of drug-likeness (QED) is 0.764. The molecule has 0 saturated carbocycles. The Bertz CT molecular complexity index is 630. The van der Waals surface area contributed by atoms with Crippen LogP contribution in [0.4, 0.5) is 4.39 Å². The van der Waals surface area contributed by atoms with E-state index in [9.17, 15) is 9.18 Å². The maximum absolute atomic E-state index is 13.5. The second-order valence-electron chi connectivity index (χ2n) is 4.51. The maximum atomic E-state index is 13.5. The van der Waals surface area contributed by atoms with Crippen LogP contribution < -0.4 is 0 Å². The Kier molecular flexibility index (Phi) is 2.58. The molecular formula is C14H14FNO2. The summed E-state index contributed by atoms with van der Waals surface area (Å²) in [4.78, 5) is 11.9. The third kappa shape index (κ3) is 1.60. The molecule has 0 aliphatic carbocycles. The van der Waals surface area contributed by atoms with Crippen molar-refractivity contribution in [1.29, 1.82) is 0 Å². The first-order valence-electron chi connectivity index (χ1n) is 6.19. The summed E-state index contributed by atoms with van der Waals surface area (Å²) in [6.45, 7) is 2.92. The van der Waals surface area contributed by atoms with Gasteiger partial charge >= 0.3 is 5.97 Å². The van der Waals surface area contributed by atoms with Crippen LogP contribution in [0, 0.1) is 5.82 Å². The predicted molar refractivity (Wildman–Crippen MR) is 66.2 cm³/mol. The van der Waals surface area contributed by atoms with Crippen molar-refractivity contribution in [2.75, 3.05) is 6.61 Å². The van der Waals surface area contributed by atoms with Gasteiger partial charge in [0.15, 0.2) is 0 Å². The van der Waals surface area contributed by atoms with E-state index >= 15 is 0 Å². The van der Waals surface area contributed by atoms with Crippen molar-refractivity contribution in [1.82, 2.24) is 4.57 Å². The van der Waals surface area contributed by atoms with Crippen molar-refractivity contribution in [3.63, 3.8) is 0 Å². The minimum absolute atomic E-state index is 0.244. The van der Waals surface area contributed by atoms with Crippen molar-refractivity contribution in [2.24, 2.45) is 0 Å². The smallest absolute Gasteiger partial charge is 0.354 e. The van der Waals surface area contributed by atoms with E-state index in [0.29, 0.717) is 12.3 Å². The minimum atomic E-state index is -0.332. The number of aromatic nitrogens is 1. The molecule has 0 bridgehead atoms. The molecule has 3 nitrogen and oxygen atoms in total. The van der Waals surface area contributed by atoms with Crippen LogP contribution in [0.1, 0.15) is 29.4 Å². The van der Waals surface area contributed by atoms with E-state index in [0.717, 1.165) is 35.9 Å². The molecule has 1 aromatic heterocycles. The summed E-state index contributed by atoms with van der Waals surface area (Å²) in [6, 6.07) is 4.77. The van der Waals surface area contributed by atoms with E-state index < -0.39 is 0 Å². The Labute approximate surface area is 104 Å². The topological polar surface area (TPSA) is 31.2 Å². The molecule has 18 heavy (non-hydrogen) atoms. The summed E-state index contributed by atoms with van der Waals surface area (Å²) in [5, 5.41) is 0.785. The van der Waals surface area contributed by atoms with Gasteiger partial charge in [-0.05, 0) is 43.5 Å². The fourth-order valence-corrected chi connectivity index (χ4v) is 2.69. The number of carbonyl (C=O) groups excluding carboxylic acids is 1. The van der Waals surface area contributed by atoms with Crippen molar-refractivity contribution >= 4 is 16.9 Å². The number of benzene rings is 1. The number of hydrogen-bond donors (Lipinski definition) is 0. The molecule has 0 unspecified atom stereocenters. The molecule has 94 valence electrons. The summed E-state index contributed by atoms with van der Waals surface area (Å²) in [7, 11) is 0. The van der Waals surface area contributed by atoms with E-state index in [2.05, 4.69) is 0 Å². The number of esters is 1. The van der Waals surface area contributed by atoms with Crippen molar-refractivity contribution < 1.29 is 13.9 Å². The summed E-state index contributed by atoms with van der Waals surface area (Å²) in [5.74, 6) is -0.575. The summed E-state index contributed by atoms with van der Waals surface area (Å²) in [5.41, 5.74) is 2.48. The number of ether oxygens (including phenoxy) is 1. The number of hydrogen-bond acceptors (Lipinski definition) is 2. The average Bonchev–Trinajstić information content (AvgIpc) is 2.70. The first-order valence-corrected chi connectivity index (χ1v) is 6.19. The number of rotatable bonds is 2. The lowest BCUT2D eigenvalue weighted by Gasteiger charge is -2.17. The van der Waals surface area contributed by atoms with E-state index in [4.69, 9.17) is 4.74 Å². The highest BCUT2D eigenvalue weighted by atomic mass is 19.1. The van der Waals surface area contributed by atoms with E-state index in [1.165, 1.54) is 6.07 Å². The van der Waals surface area contributed by atoms with Crippen molar-refractivity contribution in [3.05, 3.63) is 35.3 Å². The SMILES string of the molecule is CCOC(=O)c1cc2cc(F)cc3c2n1CCC3. The molecule has 0 radical (unpaired) electrons. The standard InChI is InChI=1S/C14H14FNO2/c1-2-18-14(17)12-8-10-7-11(15)6-9-4-3-5-16(12)13(9)10/h6-8H,2-5H2,1H3. The van der Waals surface area contributed by atoms with E-state index in [-0.39, 0.29) is 11.8 Å². The molecule has 0 amide bonds. The number of halogens is 1. The molecule has 2 heterocycles. The molecule has 0 saturated heterocycles. The third-order valence-electron chi connectivity index (χ3n) is 3.35. The van der Waals surface area contributed by atoms with Gasteiger partial charge in [0.1, 0.15) is 11.5 Å². The molecule has 0 N–H and O–H groups in total. The fourth-order valence-electron chi connectivity index (χ4n) is 2.69. The van der Waals surface area contributed by atoms with Gasteiger partial charge in [-0.1, -0.05) is 0 Å². The monoisotopic (exact) mass is 247 g/mol. The van der Waals surface area contributed by atoms with Gasteiger partial charge in [-0.2, -0.15) is 0 Å². The summed E-state index contributed by atoms with van der Waals surface area (Å²) >= 11 is 0. The Morgan fingerprint density at radius 2 is 2.28 bits per heavy atom. The van der Waals surface area contributed by atoms with Crippen molar-refractivity contribution in [3.8, 4) is 0 Å². The van der Waals surface area contributed by atoms with Crippen LogP contribution in [0.3, 0.4) is 0 Å². The number of carbonyl (C=O) groups is 1. The second kappa shape index (κ2) is 4.12. The summed E-state index contributed by atoms with van der Waals surface area (Å²) < 4.78 is 20.5. The fraction of sp³-hybridized carbons (Fsp3) is 0.357. The highest BCUT2D eigenvalue weighted by Crippen LogP contribution is 2.30. The Hall–Kier alpha value is -1.84. The lowest BCUT2D eigenvalue weighted by atomic mass is 10.0. The molecule has 4 heteroatoms. The van der Waals surface area contributed by atoms with Gasteiger partial charge < -0.3 is 9.30 Å². The highest BCUT2D eigenvalue weighted by Gasteiger charge is 2.21. The van der Waals surface area contributed by atoms with Gasteiger partial charge in [0, 0.05) is 11.9 Å². The Morgan fingerprint density at radius 1 is 1.44 bits per heavy atom. The lowest BCUT2D eigenvalue weighted by Crippen LogP contribution is -2.15. The second-order valence-corrected chi connectivity index (χ2v) is 4.51. The number of aryl methyl sites for hydroxylation is 2. The van der Waals surface area contributed by atoms with Gasteiger partial charge in [0.05, 0.1) is 12.1 Å². The van der Waals surface area contributed by atoms with Gasteiger partial charge in [-0.15, -0.1) is 0 Å². The van der Waals surface area contributed by atoms with Crippen molar-refractivity contribution in [2.45, 2.75) is 26.3 Å². The largest absolute Gasteiger partial charge is 0.461 e. The highest BCUT2D eigenvalue weighted by molar-refractivity contribution is 5.97. The first kappa shape index (κ1) is 11.3. The van der Waals surface area contributed by atoms with Crippen LogP contribution in [0.15, 0.2) is 18.2 Å². The average molecular weight is 247 g/mol. The zero-order chi connectivity index (χ0) is 12.7. The lowest BCUT2D eigenvalue weighted by molar-refractivity contribution is 0.0514. The van der Waals surface area contributed by atoms with E-state index in [1.807, 2.05) is 4.57 Å². The molecule has 0 fully saturated rings. The van der Waals surface area contributed by atoms with Crippen LogP contribution in [-0.2, 0) is 17.7 Å². The van der Waals surface area contributed by atoms with Gasteiger partial charge in [-0.25, -0.2) is 9.18 Å². The molecule has 3 rings (SSSR count). The van der Waals surface area contributed by atoms with Crippen LogP contribution in [0.2, 0.25) is 0 Å². The Balaban J connectivity index is 2.24. The normalized spacial score (nSPS) is 13.9. The number of nitrogens with zero attached hydrogens (tertiary/aromatic N) is 1. The van der Waals surface area contributed by atoms with E-state index in [1.54, 1.807) is 19.1 Å². The van der Waals surface area contributed by atoms with Gasteiger partial charge in [-0.3, -0.25) is 0 Å². The predicted octanol–water partition coefficient (Wildman–Crippen LogP) is 2.90. The van der Waals surface area contributed by atoms with Crippen LogP contribution >= 0.6 is 0 Å². The molecule has 0 spiro atoms. The van der Waals surface area contributed by atoms with Crippen LogP contribution in [0.25, 0.3) is 10.9 Å². The minimum Gasteiger partial charge on any atom is -0.461 e. The van der Waals surface area contributed by atoms with Gasteiger partial charge in [0.2, 0.25) is 0 Å². The molecule has 1 aliphatic heterocycles. The van der Waals surface area contributed by atoms with Crippen LogP contribution in [0.5, 0.6) is 0 Å². The molecular weight excluding hydrogens is 233 g/mol.